The molecule has 2 unspecified atom stereocenters. The Morgan fingerprint density at radius 1 is 1.18 bits per heavy atom. The fourth-order valence-electron chi connectivity index (χ4n) is 2.43. The smallest absolute Gasteiger partial charge is 0.00434 e. The highest BCUT2D eigenvalue weighted by molar-refractivity contribution is 7.80. The van der Waals surface area contributed by atoms with E-state index in [2.05, 4.69) is 78.4 Å². The van der Waals surface area contributed by atoms with E-state index in [4.69, 9.17) is 0 Å². The lowest BCUT2D eigenvalue weighted by atomic mass is 9.63. The third kappa shape index (κ3) is 3.07. The molecule has 2 atom stereocenters. The quantitative estimate of drug-likeness (QED) is 0.727. The summed E-state index contributed by atoms with van der Waals surface area (Å²) in [7, 11) is 0. The number of benzene rings is 1. The number of rotatable bonds is 3. The third-order valence-electron chi connectivity index (χ3n) is 4.26. The second kappa shape index (κ2) is 5.06. The van der Waals surface area contributed by atoms with Gasteiger partial charge in [0.1, 0.15) is 0 Å². The first-order valence-electron chi connectivity index (χ1n) is 6.40. The van der Waals surface area contributed by atoms with Crippen molar-refractivity contribution in [3.8, 4) is 0 Å². The van der Waals surface area contributed by atoms with Crippen molar-refractivity contribution in [2.45, 2.75) is 47.0 Å². The SMILES string of the molecule is Cc1cccc(C(C)(CS)C(C)C(C)(C)C)c1. The average Bonchev–Trinajstić information content (AvgIpc) is 2.25. The van der Waals surface area contributed by atoms with Gasteiger partial charge in [0.2, 0.25) is 0 Å². The van der Waals surface area contributed by atoms with E-state index in [0.717, 1.165) is 5.75 Å². The minimum Gasteiger partial charge on any atom is -0.178 e. The molecule has 0 aliphatic carbocycles. The normalized spacial score (nSPS) is 17.6. The molecule has 0 spiro atoms. The van der Waals surface area contributed by atoms with E-state index in [-0.39, 0.29) is 5.41 Å². The van der Waals surface area contributed by atoms with E-state index in [9.17, 15) is 0 Å². The Balaban J connectivity index is 3.21. The average molecular weight is 250 g/mol. The molecule has 0 fully saturated rings. The van der Waals surface area contributed by atoms with Gasteiger partial charge in [-0.3, -0.25) is 0 Å². The van der Waals surface area contributed by atoms with Gasteiger partial charge in [0.15, 0.2) is 0 Å². The Labute approximate surface area is 112 Å². The minimum absolute atomic E-state index is 0.132. The molecule has 1 aromatic rings. The van der Waals surface area contributed by atoms with E-state index in [1.807, 2.05) is 0 Å². The van der Waals surface area contributed by atoms with Crippen LogP contribution in [0.4, 0.5) is 0 Å². The molecule has 1 heteroatoms. The Morgan fingerprint density at radius 3 is 2.18 bits per heavy atom. The van der Waals surface area contributed by atoms with E-state index in [0.29, 0.717) is 11.3 Å². The van der Waals surface area contributed by atoms with Crippen LogP contribution in [-0.4, -0.2) is 5.75 Å². The monoisotopic (exact) mass is 250 g/mol. The fourth-order valence-corrected chi connectivity index (χ4v) is 2.89. The molecule has 0 radical (unpaired) electrons. The molecule has 0 amide bonds. The van der Waals surface area contributed by atoms with Crippen LogP contribution in [0.5, 0.6) is 0 Å². The van der Waals surface area contributed by atoms with Crippen molar-refractivity contribution in [2.75, 3.05) is 5.75 Å². The summed E-state index contributed by atoms with van der Waals surface area (Å²) in [5.41, 5.74) is 3.17. The predicted molar refractivity (Wildman–Crippen MR) is 81.0 cm³/mol. The van der Waals surface area contributed by atoms with E-state index in [1.54, 1.807) is 0 Å². The molecular weight excluding hydrogens is 224 g/mol. The highest BCUT2D eigenvalue weighted by atomic mass is 32.1. The lowest BCUT2D eigenvalue weighted by molar-refractivity contribution is 0.170. The summed E-state index contributed by atoms with van der Waals surface area (Å²) >= 11 is 4.62. The summed E-state index contributed by atoms with van der Waals surface area (Å²) in [6.07, 6.45) is 0. The predicted octanol–water partition coefficient (Wildman–Crippen LogP) is 4.86. The van der Waals surface area contributed by atoms with Crippen molar-refractivity contribution in [3.05, 3.63) is 35.4 Å². The first-order valence-corrected chi connectivity index (χ1v) is 7.03. The maximum absolute atomic E-state index is 4.62. The van der Waals surface area contributed by atoms with Crippen LogP contribution < -0.4 is 0 Å². The standard InChI is InChI=1S/C16H26S/c1-12-8-7-9-14(10-12)16(6,11-17)13(2)15(3,4)5/h7-10,13,17H,11H2,1-6H3. The molecule has 1 rings (SSSR count). The van der Waals surface area contributed by atoms with Crippen LogP contribution in [-0.2, 0) is 5.41 Å². The lowest BCUT2D eigenvalue weighted by Crippen LogP contribution is -2.39. The van der Waals surface area contributed by atoms with E-state index in [1.165, 1.54) is 11.1 Å². The maximum atomic E-state index is 4.62. The van der Waals surface area contributed by atoms with Gasteiger partial charge in [-0.2, -0.15) is 12.6 Å². The second-order valence-electron chi connectivity index (χ2n) is 6.53. The molecule has 0 aliphatic heterocycles. The van der Waals surface area contributed by atoms with Crippen LogP contribution in [0.15, 0.2) is 24.3 Å². The molecule has 0 saturated carbocycles. The van der Waals surface area contributed by atoms with E-state index >= 15 is 0 Å². The second-order valence-corrected chi connectivity index (χ2v) is 6.85. The maximum Gasteiger partial charge on any atom is 0.00434 e. The van der Waals surface area contributed by atoms with Gasteiger partial charge < -0.3 is 0 Å². The van der Waals surface area contributed by atoms with Crippen LogP contribution >= 0.6 is 12.6 Å². The Kier molecular flexibility index (Phi) is 4.35. The molecular formula is C16H26S. The Bertz CT molecular complexity index is 375. The van der Waals surface area contributed by atoms with Gasteiger partial charge in [-0.15, -0.1) is 0 Å². The topological polar surface area (TPSA) is 0 Å². The number of aryl methyl sites for hydroxylation is 1. The van der Waals surface area contributed by atoms with Gasteiger partial charge in [0, 0.05) is 5.41 Å². The van der Waals surface area contributed by atoms with Crippen molar-refractivity contribution in [1.82, 2.24) is 0 Å². The number of thiol groups is 1. The van der Waals surface area contributed by atoms with Crippen molar-refractivity contribution >= 4 is 12.6 Å². The van der Waals surface area contributed by atoms with Crippen molar-refractivity contribution in [1.29, 1.82) is 0 Å². The first-order chi connectivity index (χ1) is 7.71. The highest BCUT2D eigenvalue weighted by Crippen LogP contribution is 2.43. The first kappa shape index (κ1) is 14.6. The van der Waals surface area contributed by atoms with Gasteiger partial charge >= 0.3 is 0 Å². The largest absolute Gasteiger partial charge is 0.178 e. The molecule has 0 N–H and O–H groups in total. The zero-order valence-electron chi connectivity index (χ0n) is 12.0. The van der Waals surface area contributed by atoms with Gasteiger partial charge in [-0.1, -0.05) is 64.4 Å². The summed E-state index contributed by atoms with van der Waals surface area (Å²) in [6, 6.07) is 8.86. The zero-order chi connectivity index (χ0) is 13.3. The van der Waals surface area contributed by atoms with Gasteiger partial charge in [0.05, 0.1) is 0 Å². The molecule has 0 bridgehead atoms. The van der Waals surface area contributed by atoms with Gasteiger partial charge in [-0.05, 0) is 29.6 Å². The van der Waals surface area contributed by atoms with Crippen LogP contribution in [0.1, 0.15) is 45.7 Å². The summed E-state index contributed by atoms with van der Waals surface area (Å²) in [6.45, 7) is 13.8. The minimum atomic E-state index is 0.132. The summed E-state index contributed by atoms with van der Waals surface area (Å²) in [4.78, 5) is 0. The van der Waals surface area contributed by atoms with Gasteiger partial charge in [0.25, 0.3) is 0 Å². The van der Waals surface area contributed by atoms with Crippen LogP contribution in [0.3, 0.4) is 0 Å². The molecule has 0 aliphatic rings. The van der Waals surface area contributed by atoms with Crippen LogP contribution in [0.2, 0.25) is 0 Å². The molecule has 17 heavy (non-hydrogen) atoms. The molecule has 0 aromatic heterocycles. The molecule has 1 aromatic carbocycles. The third-order valence-corrected chi connectivity index (χ3v) is 4.92. The van der Waals surface area contributed by atoms with Crippen molar-refractivity contribution in [2.24, 2.45) is 11.3 Å². The Morgan fingerprint density at radius 2 is 1.76 bits per heavy atom. The fraction of sp³-hybridized carbons (Fsp3) is 0.625. The van der Waals surface area contributed by atoms with Gasteiger partial charge in [-0.25, -0.2) is 0 Å². The summed E-state index contributed by atoms with van der Waals surface area (Å²) in [5, 5.41) is 0. The summed E-state index contributed by atoms with van der Waals surface area (Å²) in [5.74, 6) is 1.46. The van der Waals surface area contributed by atoms with Crippen LogP contribution in [0, 0.1) is 18.3 Å². The zero-order valence-corrected chi connectivity index (χ0v) is 12.9. The molecule has 0 nitrogen and oxygen atoms in total. The van der Waals surface area contributed by atoms with Crippen LogP contribution in [0.25, 0.3) is 0 Å². The molecule has 96 valence electrons. The summed E-state index contributed by atoms with van der Waals surface area (Å²) < 4.78 is 0. The Hall–Kier alpha value is -0.430. The molecule has 0 saturated heterocycles. The number of hydrogen-bond donors (Lipinski definition) is 1. The van der Waals surface area contributed by atoms with Crippen molar-refractivity contribution < 1.29 is 0 Å². The highest BCUT2D eigenvalue weighted by Gasteiger charge is 2.38. The van der Waals surface area contributed by atoms with Crippen molar-refractivity contribution in [3.63, 3.8) is 0 Å². The lowest BCUT2D eigenvalue weighted by Gasteiger charge is -2.43. The molecule has 0 heterocycles. The number of hydrogen-bond acceptors (Lipinski definition) is 1. The van der Waals surface area contributed by atoms with E-state index < -0.39 is 0 Å².